The molecular formula is C17H17N3O3. The van der Waals surface area contributed by atoms with Crippen LogP contribution in [0.1, 0.15) is 12.5 Å². The predicted molar refractivity (Wildman–Crippen MR) is 88.4 cm³/mol. The van der Waals surface area contributed by atoms with Gasteiger partial charge in [-0.1, -0.05) is 30.3 Å². The SMILES string of the molecule is CC(=O)Nc1ccc(OCC(=O)N/N=C\c2ccccc2)cc1. The van der Waals surface area contributed by atoms with Gasteiger partial charge in [-0.05, 0) is 29.8 Å². The summed E-state index contributed by atoms with van der Waals surface area (Å²) in [6.07, 6.45) is 1.56. The molecule has 2 N–H and O–H groups in total. The summed E-state index contributed by atoms with van der Waals surface area (Å²) in [6.45, 7) is 1.29. The highest BCUT2D eigenvalue weighted by molar-refractivity contribution is 5.88. The Kier molecular flexibility index (Phi) is 5.88. The third-order valence-corrected chi connectivity index (χ3v) is 2.75. The van der Waals surface area contributed by atoms with Crippen LogP contribution in [0.25, 0.3) is 0 Å². The molecule has 0 atom stereocenters. The normalized spacial score (nSPS) is 10.3. The summed E-state index contributed by atoms with van der Waals surface area (Å²) in [4.78, 5) is 22.5. The monoisotopic (exact) mass is 311 g/mol. The lowest BCUT2D eigenvalue weighted by Gasteiger charge is -2.06. The molecule has 6 heteroatoms. The largest absolute Gasteiger partial charge is 0.484 e. The van der Waals surface area contributed by atoms with Gasteiger partial charge < -0.3 is 10.1 Å². The zero-order valence-corrected chi connectivity index (χ0v) is 12.7. The molecule has 6 nitrogen and oxygen atoms in total. The fourth-order valence-corrected chi connectivity index (χ4v) is 1.74. The van der Waals surface area contributed by atoms with Crippen LogP contribution in [-0.4, -0.2) is 24.6 Å². The van der Waals surface area contributed by atoms with Crippen LogP contribution >= 0.6 is 0 Å². The number of hydrazone groups is 1. The fourth-order valence-electron chi connectivity index (χ4n) is 1.74. The van der Waals surface area contributed by atoms with E-state index < -0.39 is 0 Å². The summed E-state index contributed by atoms with van der Waals surface area (Å²) < 4.78 is 5.33. The van der Waals surface area contributed by atoms with Crippen LogP contribution in [0.5, 0.6) is 5.75 Å². The number of rotatable bonds is 6. The molecule has 2 aromatic carbocycles. The van der Waals surface area contributed by atoms with Gasteiger partial charge in [-0.25, -0.2) is 5.43 Å². The molecule has 118 valence electrons. The second-order valence-electron chi connectivity index (χ2n) is 4.70. The van der Waals surface area contributed by atoms with E-state index in [4.69, 9.17) is 4.74 Å². The first-order valence-electron chi connectivity index (χ1n) is 7.01. The van der Waals surface area contributed by atoms with Crippen molar-refractivity contribution in [3.63, 3.8) is 0 Å². The number of nitrogens with zero attached hydrogens (tertiary/aromatic N) is 1. The van der Waals surface area contributed by atoms with Gasteiger partial charge in [0.1, 0.15) is 5.75 Å². The molecule has 2 amide bonds. The number of anilines is 1. The number of amides is 2. The van der Waals surface area contributed by atoms with Crippen molar-refractivity contribution in [2.24, 2.45) is 5.10 Å². The van der Waals surface area contributed by atoms with Crippen molar-refractivity contribution in [2.75, 3.05) is 11.9 Å². The minimum Gasteiger partial charge on any atom is -0.484 e. The van der Waals surface area contributed by atoms with Gasteiger partial charge in [-0.15, -0.1) is 0 Å². The van der Waals surface area contributed by atoms with Gasteiger partial charge in [0, 0.05) is 12.6 Å². The topological polar surface area (TPSA) is 79.8 Å². The standard InChI is InChI=1S/C17H17N3O3/c1-13(21)19-15-7-9-16(10-8-15)23-12-17(22)20-18-11-14-5-3-2-4-6-14/h2-11H,12H2,1H3,(H,19,21)(H,20,22)/b18-11-. The van der Waals surface area contributed by atoms with E-state index in [9.17, 15) is 9.59 Å². The molecule has 0 aliphatic rings. The lowest BCUT2D eigenvalue weighted by atomic mass is 10.2. The van der Waals surface area contributed by atoms with Gasteiger partial charge >= 0.3 is 0 Å². The second-order valence-corrected chi connectivity index (χ2v) is 4.70. The number of carbonyl (C=O) groups excluding carboxylic acids is 2. The third kappa shape index (κ3) is 6.01. The second kappa shape index (κ2) is 8.33. The summed E-state index contributed by atoms with van der Waals surface area (Å²) in [5, 5.41) is 6.50. The molecule has 0 aliphatic carbocycles. The van der Waals surface area contributed by atoms with E-state index in [0.29, 0.717) is 11.4 Å². The van der Waals surface area contributed by atoms with Crippen molar-refractivity contribution in [1.82, 2.24) is 5.43 Å². The highest BCUT2D eigenvalue weighted by Gasteiger charge is 2.02. The van der Waals surface area contributed by atoms with E-state index in [1.54, 1.807) is 30.5 Å². The van der Waals surface area contributed by atoms with Crippen LogP contribution in [0, 0.1) is 0 Å². The number of hydrogen-bond acceptors (Lipinski definition) is 4. The maximum absolute atomic E-state index is 11.6. The Morgan fingerprint density at radius 1 is 1.09 bits per heavy atom. The number of carbonyl (C=O) groups is 2. The molecule has 0 saturated heterocycles. The average Bonchev–Trinajstić information content (AvgIpc) is 2.55. The molecule has 0 fully saturated rings. The molecule has 0 heterocycles. The molecular weight excluding hydrogens is 294 g/mol. The van der Waals surface area contributed by atoms with Crippen molar-refractivity contribution in [1.29, 1.82) is 0 Å². The molecule has 0 saturated carbocycles. The van der Waals surface area contributed by atoms with Crippen LogP contribution in [0.3, 0.4) is 0 Å². The molecule has 0 aliphatic heterocycles. The van der Waals surface area contributed by atoms with Gasteiger partial charge in [0.25, 0.3) is 5.91 Å². The van der Waals surface area contributed by atoms with Gasteiger partial charge in [-0.2, -0.15) is 5.10 Å². The third-order valence-electron chi connectivity index (χ3n) is 2.75. The molecule has 0 radical (unpaired) electrons. The van der Waals surface area contributed by atoms with Gasteiger partial charge in [0.15, 0.2) is 6.61 Å². The lowest BCUT2D eigenvalue weighted by Crippen LogP contribution is -2.24. The maximum atomic E-state index is 11.6. The van der Waals surface area contributed by atoms with Crippen LogP contribution in [-0.2, 0) is 9.59 Å². The Balaban J connectivity index is 1.76. The van der Waals surface area contributed by atoms with E-state index in [1.807, 2.05) is 30.3 Å². The first-order valence-corrected chi connectivity index (χ1v) is 7.01. The van der Waals surface area contributed by atoms with Crippen LogP contribution in [0.2, 0.25) is 0 Å². The first kappa shape index (κ1) is 16.2. The van der Waals surface area contributed by atoms with E-state index in [-0.39, 0.29) is 18.4 Å². The fraction of sp³-hybridized carbons (Fsp3) is 0.118. The Labute approximate surface area is 134 Å². The predicted octanol–water partition coefficient (Wildman–Crippen LogP) is 2.17. The van der Waals surface area contributed by atoms with Gasteiger partial charge in [-0.3, -0.25) is 9.59 Å². The Bertz CT molecular complexity index is 682. The number of nitrogens with one attached hydrogen (secondary N) is 2. The quantitative estimate of drug-likeness (QED) is 0.634. The zero-order valence-electron chi connectivity index (χ0n) is 12.7. The number of benzene rings is 2. The zero-order chi connectivity index (χ0) is 16.5. The molecule has 2 rings (SSSR count). The van der Waals surface area contributed by atoms with Crippen molar-refractivity contribution >= 4 is 23.7 Å². The molecule has 2 aromatic rings. The average molecular weight is 311 g/mol. The minimum absolute atomic E-state index is 0.144. The molecule has 0 spiro atoms. The van der Waals surface area contributed by atoms with E-state index in [0.717, 1.165) is 5.56 Å². The highest BCUT2D eigenvalue weighted by atomic mass is 16.5. The minimum atomic E-state index is -0.358. The summed E-state index contributed by atoms with van der Waals surface area (Å²) in [7, 11) is 0. The lowest BCUT2D eigenvalue weighted by molar-refractivity contribution is -0.123. The van der Waals surface area contributed by atoms with Crippen molar-refractivity contribution in [2.45, 2.75) is 6.92 Å². The van der Waals surface area contributed by atoms with Crippen molar-refractivity contribution in [3.8, 4) is 5.75 Å². The Morgan fingerprint density at radius 3 is 2.43 bits per heavy atom. The molecule has 0 bridgehead atoms. The maximum Gasteiger partial charge on any atom is 0.277 e. The van der Waals surface area contributed by atoms with Gasteiger partial charge in [0.05, 0.1) is 6.21 Å². The summed E-state index contributed by atoms with van der Waals surface area (Å²) in [5.74, 6) is 0.0266. The van der Waals surface area contributed by atoms with E-state index in [1.165, 1.54) is 6.92 Å². The highest BCUT2D eigenvalue weighted by Crippen LogP contribution is 2.15. The summed E-state index contributed by atoms with van der Waals surface area (Å²) >= 11 is 0. The molecule has 0 aromatic heterocycles. The van der Waals surface area contributed by atoms with Crippen LogP contribution < -0.4 is 15.5 Å². The molecule has 23 heavy (non-hydrogen) atoms. The number of ether oxygens (including phenoxy) is 1. The number of hydrogen-bond donors (Lipinski definition) is 2. The van der Waals surface area contributed by atoms with E-state index in [2.05, 4.69) is 15.8 Å². The summed E-state index contributed by atoms with van der Waals surface area (Å²) in [5.41, 5.74) is 3.95. The van der Waals surface area contributed by atoms with Gasteiger partial charge in [0.2, 0.25) is 5.91 Å². The molecule has 0 unspecified atom stereocenters. The van der Waals surface area contributed by atoms with Crippen LogP contribution in [0.4, 0.5) is 5.69 Å². The smallest absolute Gasteiger partial charge is 0.277 e. The Hall–Kier alpha value is -3.15. The summed E-state index contributed by atoms with van der Waals surface area (Å²) in [6, 6.07) is 16.2. The van der Waals surface area contributed by atoms with Crippen molar-refractivity contribution in [3.05, 3.63) is 60.2 Å². The van der Waals surface area contributed by atoms with E-state index >= 15 is 0 Å². The van der Waals surface area contributed by atoms with Crippen molar-refractivity contribution < 1.29 is 14.3 Å². The Morgan fingerprint density at radius 2 is 1.78 bits per heavy atom. The van der Waals surface area contributed by atoms with Crippen LogP contribution in [0.15, 0.2) is 59.7 Å². The first-order chi connectivity index (χ1) is 11.1.